The van der Waals surface area contributed by atoms with Gasteiger partial charge in [-0.3, -0.25) is 4.79 Å². The first-order chi connectivity index (χ1) is 9.74. The molecule has 1 amide bonds. The highest BCUT2D eigenvalue weighted by molar-refractivity contribution is 5.77. The summed E-state index contributed by atoms with van der Waals surface area (Å²) in [4.78, 5) is 14.3. The molecule has 0 saturated carbocycles. The van der Waals surface area contributed by atoms with Crippen molar-refractivity contribution < 1.29 is 9.53 Å². The van der Waals surface area contributed by atoms with Gasteiger partial charge in [-0.2, -0.15) is 0 Å². The zero-order valence-electron chi connectivity index (χ0n) is 11.8. The van der Waals surface area contributed by atoms with Crippen LogP contribution >= 0.6 is 0 Å². The maximum atomic E-state index is 12.4. The summed E-state index contributed by atoms with van der Waals surface area (Å²) in [5.74, 6) is 0.168. The second-order valence-corrected chi connectivity index (χ2v) is 5.75. The van der Waals surface area contributed by atoms with Gasteiger partial charge in [0.15, 0.2) is 0 Å². The summed E-state index contributed by atoms with van der Waals surface area (Å²) in [5, 5.41) is 0. The lowest BCUT2D eigenvalue weighted by Gasteiger charge is -2.33. The fourth-order valence-corrected chi connectivity index (χ4v) is 3.17. The Balaban J connectivity index is 1.68. The summed E-state index contributed by atoms with van der Waals surface area (Å²) >= 11 is 0. The third-order valence-corrected chi connectivity index (χ3v) is 4.26. The van der Waals surface area contributed by atoms with Gasteiger partial charge >= 0.3 is 0 Å². The van der Waals surface area contributed by atoms with Crippen LogP contribution in [0.4, 0.5) is 0 Å². The quantitative estimate of drug-likeness (QED) is 0.892. The van der Waals surface area contributed by atoms with Gasteiger partial charge in [0.05, 0.1) is 19.1 Å². The van der Waals surface area contributed by atoms with Crippen LogP contribution in [0.1, 0.15) is 36.5 Å². The molecule has 1 fully saturated rings. The van der Waals surface area contributed by atoms with Gasteiger partial charge in [0, 0.05) is 19.1 Å². The molecule has 1 saturated heterocycles. The molecule has 0 aliphatic carbocycles. The second kappa shape index (κ2) is 5.94. The molecule has 3 rings (SSSR count). The fraction of sp³-hybridized carbons (Fsp3) is 0.562. The van der Waals surface area contributed by atoms with E-state index in [9.17, 15) is 4.79 Å². The van der Waals surface area contributed by atoms with Crippen LogP contribution in [-0.4, -0.2) is 36.5 Å². The Morgan fingerprint density at radius 1 is 1.40 bits per heavy atom. The van der Waals surface area contributed by atoms with E-state index in [2.05, 4.69) is 12.1 Å². The Hall–Kier alpha value is -1.39. The average Bonchev–Trinajstić information content (AvgIpc) is 2.47. The first kappa shape index (κ1) is 13.6. The predicted octanol–water partition coefficient (Wildman–Crippen LogP) is 1.64. The Morgan fingerprint density at radius 2 is 2.25 bits per heavy atom. The molecule has 108 valence electrons. The lowest BCUT2D eigenvalue weighted by Crippen LogP contribution is -2.46. The number of piperidine rings is 1. The number of fused-ring (bicyclic) bond motifs is 1. The predicted molar refractivity (Wildman–Crippen MR) is 77.2 cm³/mol. The van der Waals surface area contributed by atoms with Crippen LogP contribution < -0.4 is 5.73 Å². The highest BCUT2D eigenvalue weighted by Gasteiger charge is 2.27. The number of nitrogens with zero attached hydrogens (tertiary/aromatic N) is 1. The third-order valence-electron chi connectivity index (χ3n) is 4.26. The maximum absolute atomic E-state index is 12.4. The average molecular weight is 274 g/mol. The topological polar surface area (TPSA) is 55.6 Å². The molecular formula is C16H22N2O2. The summed E-state index contributed by atoms with van der Waals surface area (Å²) in [6.45, 7) is 2.22. The van der Waals surface area contributed by atoms with E-state index in [1.54, 1.807) is 0 Å². The standard InChI is InChI=1S/C16H22N2O2/c17-13-5-3-8-18(11-13)16(19)10-15-14-6-2-1-4-12(14)7-9-20-15/h1-2,4,6,13,15H,3,5,7-11,17H2/t13-,15-/m0/s1. The number of hydrogen-bond donors (Lipinski definition) is 1. The van der Waals surface area contributed by atoms with Gasteiger partial charge in [-0.25, -0.2) is 0 Å². The molecule has 2 heterocycles. The van der Waals surface area contributed by atoms with Crippen LogP contribution in [0.15, 0.2) is 24.3 Å². The van der Waals surface area contributed by atoms with E-state index in [0.29, 0.717) is 19.6 Å². The molecule has 4 nitrogen and oxygen atoms in total. The SMILES string of the molecule is N[C@H]1CCCN(C(=O)C[C@@H]2OCCc3ccccc32)C1. The fourth-order valence-electron chi connectivity index (χ4n) is 3.17. The minimum Gasteiger partial charge on any atom is -0.373 e. The third kappa shape index (κ3) is 2.86. The van der Waals surface area contributed by atoms with Crippen molar-refractivity contribution in [3.8, 4) is 0 Å². The molecular weight excluding hydrogens is 252 g/mol. The number of amides is 1. The van der Waals surface area contributed by atoms with E-state index in [4.69, 9.17) is 10.5 Å². The van der Waals surface area contributed by atoms with Crippen LogP contribution in [-0.2, 0) is 16.0 Å². The molecule has 4 heteroatoms. The van der Waals surface area contributed by atoms with E-state index >= 15 is 0 Å². The molecule has 2 aliphatic heterocycles. The molecule has 0 aromatic heterocycles. The largest absolute Gasteiger partial charge is 0.373 e. The number of hydrogen-bond acceptors (Lipinski definition) is 3. The lowest BCUT2D eigenvalue weighted by atomic mass is 9.95. The number of rotatable bonds is 2. The molecule has 0 radical (unpaired) electrons. The van der Waals surface area contributed by atoms with E-state index in [1.165, 1.54) is 11.1 Å². The van der Waals surface area contributed by atoms with Crippen molar-refractivity contribution in [1.82, 2.24) is 4.90 Å². The Labute approximate surface area is 119 Å². The van der Waals surface area contributed by atoms with Crippen molar-refractivity contribution in [2.75, 3.05) is 19.7 Å². The maximum Gasteiger partial charge on any atom is 0.225 e. The molecule has 1 aromatic rings. The highest BCUT2D eigenvalue weighted by atomic mass is 16.5. The van der Waals surface area contributed by atoms with E-state index in [-0.39, 0.29) is 18.1 Å². The van der Waals surface area contributed by atoms with Crippen molar-refractivity contribution in [2.24, 2.45) is 5.73 Å². The zero-order valence-corrected chi connectivity index (χ0v) is 11.8. The van der Waals surface area contributed by atoms with Crippen LogP contribution in [0.3, 0.4) is 0 Å². The molecule has 1 aromatic carbocycles. The summed E-state index contributed by atoms with van der Waals surface area (Å²) in [6.07, 6.45) is 3.31. The summed E-state index contributed by atoms with van der Waals surface area (Å²) in [6, 6.07) is 8.40. The van der Waals surface area contributed by atoms with Gasteiger partial charge in [0.1, 0.15) is 0 Å². The van der Waals surface area contributed by atoms with Gasteiger partial charge < -0.3 is 15.4 Å². The Bertz CT molecular complexity index is 489. The minimum atomic E-state index is -0.0920. The molecule has 0 unspecified atom stereocenters. The summed E-state index contributed by atoms with van der Waals surface area (Å²) in [5.41, 5.74) is 8.43. The Morgan fingerprint density at radius 3 is 3.10 bits per heavy atom. The summed E-state index contributed by atoms with van der Waals surface area (Å²) in [7, 11) is 0. The van der Waals surface area contributed by atoms with Gasteiger partial charge in [0.2, 0.25) is 5.91 Å². The minimum absolute atomic E-state index is 0.0920. The molecule has 0 bridgehead atoms. The second-order valence-electron chi connectivity index (χ2n) is 5.75. The molecule has 2 aliphatic rings. The number of nitrogens with two attached hydrogens (primary N) is 1. The van der Waals surface area contributed by atoms with Crippen LogP contribution in [0.5, 0.6) is 0 Å². The van der Waals surface area contributed by atoms with Crippen molar-refractivity contribution >= 4 is 5.91 Å². The first-order valence-electron chi connectivity index (χ1n) is 7.47. The van der Waals surface area contributed by atoms with Crippen molar-refractivity contribution in [3.05, 3.63) is 35.4 Å². The normalized spacial score (nSPS) is 26.1. The molecule has 2 atom stereocenters. The highest BCUT2D eigenvalue weighted by Crippen LogP contribution is 2.30. The van der Waals surface area contributed by atoms with Crippen LogP contribution in [0.25, 0.3) is 0 Å². The number of carbonyl (C=O) groups is 1. The van der Waals surface area contributed by atoms with Crippen LogP contribution in [0.2, 0.25) is 0 Å². The van der Waals surface area contributed by atoms with E-state index in [1.807, 2.05) is 17.0 Å². The zero-order chi connectivity index (χ0) is 13.9. The molecule has 20 heavy (non-hydrogen) atoms. The van der Waals surface area contributed by atoms with Gasteiger partial charge in [-0.05, 0) is 30.4 Å². The van der Waals surface area contributed by atoms with Gasteiger partial charge in [-0.1, -0.05) is 24.3 Å². The van der Waals surface area contributed by atoms with Gasteiger partial charge in [-0.15, -0.1) is 0 Å². The van der Waals surface area contributed by atoms with Crippen molar-refractivity contribution in [3.63, 3.8) is 0 Å². The Kier molecular flexibility index (Phi) is 4.03. The van der Waals surface area contributed by atoms with Gasteiger partial charge in [0.25, 0.3) is 0 Å². The molecule has 0 spiro atoms. The number of likely N-dealkylation sites (tertiary alicyclic amines) is 1. The number of carbonyl (C=O) groups excluding carboxylic acids is 1. The van der Waals surface area contributed by atoms with Crippen molar-refractivity contribution in [2.45, 2.75) is 37.8 Å². The first-order valence-corrected chi connectivity index (χ1v) is 7.47. The van der Waals surface area contributed by atoms with Crippen LogP contribution in [0, 0.1) is 0 Å². The number of benzene rings is 1. The van der Waals surface area contributed by atoms with Crippen molar-refractivity contribution in [1.29, 1.82) is 0 Å². The van der Waals surface area contributed by atoms with E-state index in [0.717, 1.165) is 25.8 Å². The lowest BCUT2D eigenvalue weighted by molar-refractivity contribution is -0.135. The van der Waals surface area contributed by atoms with E-state index < -0.39 is 0 Å². The monoisotopic (exact) mass is 274 g/mol. The molecule has 2 N–H and O–H groups in total. The smallest absolute Gasteiger partial charge is 0.225 e. The summed E-state index contributed by atoms with van der Waals surface area (Å²) < 4.78 is 5.81. The number of ether oxygens (including phenoxy) is 1.